The van der Waals surface area contributed by atoms with Crippen molar-refractivity contribution in [2.24, 2.45) is 0 Å². The van der Waals surface area contributed by atoms with Gasteiger partial charge in [-0.1, -0.05) is 23.9 Å². The van der Waals surface area contributed by atoms with E-state index in [4.69, 9.17) is 0 Å². The Kier molecular flexibility index (Phi) is 3.27. The van der Waals surface area contributed by atoms with E-state index < -0.39 is 0 Å². The molecule has 5 nitrogen and oxygen atoms in total. The zero-order valence-electron chi connectivity index (χ0n) is 10.5. The molecule has 2 aromatic rings. The number of rotatable bonds is 3. The molecule has 1 aliphatic rings. The van der Waals surface area contributed by atoms with Gasteiger partial charge in [-0.15, -0.1) is 0 Å². The smallest absolute Gasteiger partial charge is 0.189 e. The molecule has 1 aliphatic heterocycles. The van der Waals surface area contributed by atoms with E-state index in [2.05, 4.69) is 20.6 Å². The Morgan fingerprint density at radius 3 is 2.89 bits per heavy atom. The average Bonchev–Trinajstić information content (AvgIpc) is 2.89. The average molecular weight is 274 g/mol. The quantitative estimate of drug-likeness (QED) is 0.453. The molecule has 0 aliphatic carbocycles. The summed E-state index contributed by atoms with van der Waals surface area (Å²) < 4.78 is 0. The molecular formula is C13H14N4OS. The van der Waals surface area contributed by atoms with E-state index in [1.54, 1.807) is 12.1 Å². The van der Waals surface area contributed by atoms with E-state index in [1.807, 2.05) is 18.4 Å². The summed E-state index contributed by atoms with van der Waals surface area (Å²) >= 11 is 1.51. The van der Waals surface area contributed by atoms with Gasteiger partial charge in [0.25, 0.3) is 0 Å². The molecule has 19 heavy (non-hydrogen) atoms. The van der Waals surface area contributed by atoms with Crippen molar-refractivity contribution >= 4 is 23.3 Å². The molecule has 2 heterocycles. The van der Waals surface area contributed by atoms with Gasteiger partial charge in [-0.2, -0.15) is 0 Å². The zero-order chi connectivity index (χ0) is 13.2. The molecule has 6 heteroatoms. The van der Waals surface area contributed by atoms with E-state index in [1.165, 1.54) is 11.8 Å². The van der Waals surface area contributed by atoms with Crippen molar-refractivity contribution in [3.8, 4) is 5.75 Å². The fourth-order valence-corrected chi connectivity index (χ4v) is 2.43. The van der Waals surface area contributed by atoms with Crippen LogP contribution in [0.2, 0.25) is 0 Å². The summed E-state index contributed by atoms with van der Waals surface area (Å²) in [5.74, 6) is 0.979. The number of para-hydroxylation sites is 2. The van der Waals surface area contributed by atoms with E-state index in [0.717, 1.165) is 35.3 Å². The Hall–Kier alpha value is -1.79. The van der Waals surface area contributed by atoms with Gasteiger partial charge in [0.15, 0.2) is 5.16 Å². The van der Waals surface area contributed by atoms with Gasteiger partial charge in [0.1, 0.15) is 11.6 Å². The highest BCUT2D eigenvalue weighted by Crippen LogP contribution is 2.30. The van der Waals surface area contributed by atoms with E-state index in [9.17, 15) is 5.11 Å². The van der Waals surface area contributed by atoms with Crippen molar-refractivity contribution in [1.82, 2.24) is 15.3 Å². The number of phenols is 1. The summed E-state index contributed by atoms with van der Waals surface area (Å²) in [4.78, 5) is 8.97. The number of anilines is 2. The SMILES string of the molecule is CSc1nc2c(c(Nc3ccccc3O)n1)CNC2. The van der Waals surface area contributed by atoms with Gasteiger partial charge in [0.05, 0.1) is 11.4 Å². The normalized spacial score (nSPS) is 13.3. The van der Waals surface area contributed by atoms with Gasteiger partial charge in [0.2, 0.25) is 0 Å². The molecule has 3 N–H and O–H groups in total. The third-order valence-electron chi connectivity index (χ3n) is 3.01. The molecule has 0 atom stereocenters. The number of phenolic OH excluding ortho intramolecular Hbond substituents is 1. The summed E-state index contributed by atoms with van der Waals surface area (Å²) in [5, 5.41) is 17.0. The van der Waals surface area contributed by atoms with Crippen LogP contribution >= 0.6 is 11.8 Å². The fraction of sp³-hybridized carbons (Fsp3) is 0.231. The molecule has 3 rings (SSSR count). The lowest BCUT2D eigenvalue weighted by Gasteiger charge is -2.11. The maximum Gasteiger partial charge on any atom is 0.189 e. The minimum Gasteiger partial charge on any atom is -0.506 e. The minimum atomic E-state index is 0.214. The van der Waals surface area contributed by atoms with Crippen LogP contribution in [0.4, 0.5) is 11.5 Å². The summed E-state index contributed by atoms with van der Waals surface area (Å²) in [7, 11) is 0. The summed E-state index contributed by atoms with van der Waals surface area (Å²) in [6, 6.07) is 7.14. The van der Waals surface area contributed by atoms with Crippen LogP contribution in [0.15, 0.2) is 29.4 Å². The van der Waals surface area contributed by atoms with Crippen LogP contribution in [0, 0.1) is 0 Å². The predicted octanol–water partition coefficient (Wildman–Crippen LogP) is 2.25. The molecule has 98 valence electrons. The second kappa shape index (κ2) is 5.07. The first-order chi connectivity index (χ1) is 9.28. The van der Waals surface area contributed by atoms with Crippen molar-refractivity contribution < 1.29 is 5.11 Å². The first-order valence-electron chi connectivity index (χ1n) is 5.97. The third-order valence-corrected chi connectivity index (χ3v) is 3.55. The molecule has 0 saturated heterocycles. The van der Waals surface area contributed by atoms with Gasteiger partial charge >= 0.3 is 0 Å². The molecule has 1 aromatic heterocycles. The van der Waals surface area contributed by atoms with Gasteiger partial charge in [-0.3, -0.25) is 0 Å². The van der Waals surface area contributed by atoms with Crippen LogP contribution in [0.1, 0.15) is 11.3 Å². The lowest BCUT2D eigenvalue weighted by Crippen LogP contribution is -2.03. The zero-order valence-corrected chi connectivity index (χ0v) is 11.3. The Balaban J connectivity index is 2.01. The van der Waals surface area contributed by atoms with Crippen LogP contribution in [-0.2, 0) is 13.1 Å². The van der Waals surface area contributed by atoms with Crippen molar-refractivity contribution in [2.45, 2.75) is 18.2 Å². The maximum atomic E-state index is 9.82. The second-order valence-corrected chi connectivity index (χ2v) is 5.00. The molecule has 0 fully saturated rings. The first-order valence-corrected chi connectivity index (χ1v) is 7.20. The highest BCUT2D eigenvalue weighted by molar-refractivity contribution is 7.98. The number of aromatic hydroxyl groups is 1. The van der Waals surface area contributed by atoms with Gasteiger partial charge in [0, 0.05) is 18.7 Å². The largest absolute Gasteiger partial charge is 0.506 e. The molecule has 0 unspecified atom stereocenters. The Morgan fingerprint density at radius 2 is 2.11 bits per heavy atom. The number of hydrogen-bond acceptors (Lipinski definition) is 6. The summed E-state index contributed by atoms with van der Waals surface area (Å²) in [5.41, 5.74) is 2.75. The fourth-order valence-electron chi connectivity index (χ4n) is 2.05. The number of aromatic nitrogens is 2. The standard InChI is InChI=1S/C13H14N4OS/c1-19-13-16-10-7-14-6-8(10)12(17-13)15-9-4-2-3-5-11(9)18/h2-5,14,18H,6-7H2,1H3,(H,15,16,17). The number of hydrogen-bond donors (Lipinski definition) is 3. The maximum absolute atomic E-state index is 9.82. The van der Waals surface area contributed by atoms with E-state index in [0.29, 0.717) is 5.69 Å². The second-order valence-electron chi connectivity index (χ2n) is 4.23. The number of nitrogens with one attached hydrogen (secondary N) is 2. The van der Waals surface area contributed by atoms with Crippen LogP contribution in [-0.4, -0.2) is 21.3 Å². The Labute approximate surface area is 115 Å². The predicted molar refractivity (Wildman–Crippen MR) is 75.7 cm³/mol. The van der Waals surface area contributed by atoms with Gasteiger partial charge in [-0.05, 0) is 18.4 Å². The van der Waals surface area contributed by atoms with Crippen molar-refractivity contribution in [2.75, 3.05) is 11.6 Å². The third kappa shape index (κ3) is 2.36. The molecule has 0 spiro atoms. The molecule has 0 bridgehead atoms. The summed E-state index contributed by atoms with van der Waals surface area (Å²) in [6.07, 6.45) is 1.95. The van der Waals surface area contributed by atoms with Crippen LogP contribution in [0.5, 0.6) is 5.75 Å². The van der Waals surface area contributed by atoms with Gasteiger partial charge < -0.3 is 15.7 Å². The van der Waals surface area contributed by atoms with E-state index >= 15 is 0 Å². The van der Waals surface area contributed by atoms with Gasteiger partial charge in [-0.25, -0.2) is 9.97 Å². The van der Waals surface area contributed by atoms with Crippen LogP contribution in [0.3, 0.4) is 0 Å². The molecule has 0 radical (unpaired) electrons. The highest BCUT2D eigenvalue weighted by Gasteiger charge is 2.19. The molecule has 0 saturated carbocycles. The number of thioether (sulfide) groups is 1. The minimum absolute atomic E-state index is 0.214. The number of benzene rings is 1. The van der Waals surface area contributed by atoms with Crippen molar-refractivity contribution in [1.29, 1.82) is 0 Å². The monoisotopic (exact) mass is 274 g/mol. The summed E-state index contributed by atoms with van der Waals surface area (Å²) in [6.45, 7) is 1.51. The molecule has 1 aromatic carbocycles. The highest BCUT2D eigenvalue weighted by atomic mass is 32.2. The Bertz CT molecular complexity index is 618. The number of fused-ring (bicyclic) bond motifs is 1. The van der Waals surface area contributed by atoms with Crippen molar-refractivity contribution in [3.63, 3.8) is 0 Å². The van der Waals surface area contributed by atoms with Crippen LogP contribution < -0.4 is 10.6 Å². The lowest BCUT2D eigenvalue weighted by atomic mass is 10.2. The number of nitrogens with zero attached hydrogens (tertiary/aromatic N) is 2. The van der Waals surface area contributed by atoms with E-state index in [-0.39, 0.29) is 5.75 Å². The lowest BCUT2D eigenvalue weighted by molar-refractivity contribution is 0.477. The van der Waals surface area contributed by atoms with Crippen molar-refractivity contribution in [3.05, 3.63) is 35.5 Å². The molecular weight excluding hydrogens is 260 g/mol. The topological polar surface area (TPSA) is 70.1 Å². The van der Waals surface area contributed by atoms with Crippen LogP contribution in [0.25, 0.3) is 0 Å². The molecule has 0 amide bonds. The first kappa shape index (κ1) is 12.3. The Morgan fingerprint density at radius 1 is 1.26 bits per heavy atom.